The molecule has 1 rings (SSSR count). The topological polar surface area (TPSA) is 38.3 Å². The van der Waals surface area contributed by atoms with Gasteiger partial charge in [0.25, 0.3) is 0 Å². The molecule has 1 amide bonds. The molecule has 0 aliphatic heterocycles. The summed E-state index contributed by atoms with van der Waals surface area (Å²) in [6, 6.07) is 7.68. The summed E-state index contributed by atoms with van der Waals surface area (Å²) in [6.45, 7) is 1.95. The minimum absolute atomic E-state index is 0.0317. The van der Waals surface area contributed by atoms with Gasteiger partial charge in [0.1, 0.15) is 5.75 Å². The molecule has 1 N–H and O–H groups in total. The fourth-order valence-corrected chi connectivity index (χ4v) is 1.86. The molecule has 0 aromatic heterocycles. The standard InChI is InChI=1S/C12H17NO2S/c1-9(13-12(14)8-16-3)10-6-4-5-7-11(10)15-2/h4-7,9H,8H2,1-3H3,(H,13,14). The van der Waals surface area contributed by atoms with E-state index in [-0.39, 0.29) is 11.9 Å². The molecule has 16 heavy (non-hydrogen) atoms. The number of thioether (sulfide) groups is 1. The van der Waals surface area contributed by atoms with Gasteiger partial charge in [-0.3, -0.25) is 4.79 Å². The molecule has 1 aromatic rings. The van der Waals surface area contributed by atoms with E-state index in [2.05, 4.69) is 5.32 Å². The molecule has 4 heteroatoms. The van der Waals surface area contributed by atoms with E-state index in [0.717, 1.165) is 11.3 Å². The van der Waals surface area contributed by atoms with E-state index in [1.807, 2.05) is 37.4 Å². The Labute approximate surface area is 101 Å². The van der Waals surface area contributed by atoms with E-state index in [0.29, 0.717) is 5.75 Å². The summed E-state index contributed by atoms with van der Waals surface area (Å²) >= 11 is 1.51. The maximum atomic E-state index is 11.5. The predicted octanol–water partition coefficient (Wildman–Crippen LogP) is 2.24. The van der Waals surface area contributed by atoms with Crippen molar-refractivity contribution in [3.8, 4) is 5.75 Å². The van der Waals surface area contributed by atoms with Gasteiger partial charge in [-0.25, -0.2) is 0 Å². The largest absolute Gasteiger partial charge is 0.496 e. The number of amides is 1. The van der Waals surface area contributed by atoms with E-state index in [9.17, 15) is 4.79 Å². The van der Waals surface area contributed by atoms with Crippen LogP contribution in [-0.4, -0.2) is 25.0 Å². The summed E-state index contributed by atoms with van der Waals surface area (Å²) in [5.74, 6) is 1.34. The first-order chi connectivity index (χ1) is 7.69. The van der Waals surface area contributed by atoms with Crippen molar-refractivity contribution in [3.63, 3.8) is 0 Å². The maximum absolute atomic E-state index is 11.5. The second kappa shape index (κ2) is 6.43. The van der Waals surface area contributed by atoms with E-state index < -0.39 is 0 Å². The van der Waals surface area contributed by atoms with Gasteiger partial charge in [-0.1, -0.05) is 18.2 Å². The Morgan fingerprint density at radius 2 is 2.19 bits per heavy atom. The number of para-hydroxylation sites is 1. The first-order valence-electron chi connectivity index (χ1n) is 5.10. The molecule has 0 saturated heterocycles. The summed E-state index contributed by atoms with van der Waals surface area (Å²) in [7, 11) is 1.63. The zero-order valence-electron chi connectivity index (χ0n) is 9.82. The van der Waals surface area contributed by atoms with Crippen LogP contribution in [0, 0.1) is 0 Å². The van der Waals surface area contributed by atoms with Crippen LogP contribution in [0.5, 0.6) is 5.75 Å². The normalized spacial score (nSPS) is 11.9. The van der Waals surface area contributed by atoms with E-state index >= 15 is 0 Å². The number of carbonyl (C=O) groups is 1. The van der Waals surface area contributed by atoms with Gasteiger partial charge >= 0.3 is 0 Å². The monoisotopic (exact) mass is 239 g/mol. The molecule has 1 unspecified atom stereocenters. The number of benzene rings is 1. The van der Waals surface area contributed by atoms with Crippen molar-refractivity contribution in [1.29, 1.82) is 0 Å². The van der Waals surface area contributed by atoms with Crippen molar-refractivity contribution in [1.82, 2.24) is 5.32 Å². The number of nitrogens with one attached hydrogen (secondary N) is 1. The molecule has 1 aromatic carbocycles. The Hall–Kier alpha value is -1.16. The summed E-state index contributed by atoms with van der Waals surface area (Å²) in [4.78, 5) is 11.5. The number of hydrogen-bond acceptors (Lipinski definition) is 3. The van der Waals surface area contributed by atoms with Crippen LogP contribution in [0.1, 0.15) is 18.5 Å². The smallest absolute Gasteiger partial charge is 0.230 e. The zero-order valence-corrected chi connectivity index (χ0v) is 10.6. The van der Waals surface area contributed by atoms with Gasteiger partial charge in [0.2, 0.25) is 5.91 Å². The van der Waals surface area contributed by atoms with Gasteiger partial charge < -0.3 is 10.1 Å². The van der Waals surface area contributed by atoms with E-state index in [4.69, 9.17) is 4.74 Å². The summed E-state index contributed by atoms with van der Waals surface area (Å²) in [5.41, 5.74) is 0.999. The Morgan fingerprint density at radius 1 is 1.50 bits per heavy atom. The predicted molar refractivity (Wildman–Crippen MR) is 67.9 cm³/mol. The van der Waals surface area contributed by atoms with Crippen LogP contribution in [-0.2, 0) is 4.79 Å². The highest BCUT2D eigenvalue weighted by molar-refractivity contribution is 7.99. The molecule has 0 heterocycles. The van der Waals surface area contributed by atoms with Crippen molar-refractivity contribution >= 4 is 17.7 Å². The quantitative estimate of drug-likeness (QED) is 0.856. The van der Waals surface area contributed by atoms with E-state index in [1.165, 1.54) is 11.8 Å². The summed E-state index contributed by atoms with van der Waals surface area (Å²) in [6.07, 6.45) is 1.91. The molecule has 0 aliphatic carbocycles. The van der Waals surface area contributed by atoms with Crippen LogP contribution in [0.4, 0.5) is 0 Å². The minimum Gasteiger partial charge on any atom is -0.496 e. The van der Waals surface area contributed by atoms with Crippen LogP contribution in [0.2, 0.25) is 0 Å². The molecular weight excluding hydrogens is 222 g/mol. The number of hydrogen-bond donors (Lipinski definition) is 1. The molecular formula is C12H17NO2S. The van der Waals surface area contributed by atoms with Crippen molar-refractivity contribution in [2.24, 2.45) is 0 Å². The highest BCUT2D eigenvalue weighted by atomic mass is 32.2. The Kier molecular flexibility index (Phi) is 5.19. The van der Waals surface area contributed by atoms with Crippen LogP contribution in [0.3, 0.4) is 0 Å². The first-order valence-corrected chi connectivity index (χ1v) is 6.49. The zero-order chi connectivity index (χ0) is 12.0. The Balaban J connectivity index is 2.72. The maximum Gasteiger partial charge on any atom is 0.230 e. The SMILES string of the molecule is COc1ccccc1C(C)NC(=O)CSC. The molecule has 0 saturated carbocycles. The molecule has 0 spiro atoms. The fraction of sp³-hybridized carbons (Fsp3) is 0.417. The number of carbonyl (C=O) groups excluding carboxylic acids is 1. The molecule has 3 nitrogen and oxygen atoms in total. The van der Waals surface area contributed by atoms with Crippen LogP contribution in [0.25, 0.3) is 0 Å². The van der Waals surface area contributed by atoms with Crippen LogP contribution < -0.4 is 10.1 Å². The minimum atomic E-state index is -0.0317. The summed E-state index contributed by atoms with van der Waals surface area (Å²) < 4.78 is 5.25. The van der Waals surface area contributed by atoms with Crippen molar-refractivity contribution in [2.75, 3.05) is 19.1 Å². The molecule has 1 atom stereocenters. The van der Waals surface area contributed by atoms with Crippen LogP contribution in [0.15, 0.2) is 24.3 Å². The summed E-state index contributed by atoms with van der Waals surface area (Å²) in [5, 5.41) is 2.93. The average Bonchev–Trinajstić information content (AvgIpc) is 2.29. The molecule has 88 valence electrons. The lowest BCUT2D eigenvalue weighted by Gasteiger charge is -2.16. The highest BCUT2D eigenvalue weighted by Gasteiger charge is 2.12. The lowest BCUT2D eigenvalue weighted by Crippen LogP contribution is -2.28. The third-order valence-corrected chi connectivity index (χ3v) is 2.81. The van der Waals surface area contributed by atoms with Gasteiger partial charge in [0.05, 0.1) is 18.9 Å². The highest BCUT2D eigenvalue weighted by Crippen LogP contribution is 2.24. The van der Waals surface area contributed by atoms with E-state index in [1.54, 1.807) is 7.11 Å². The van der Waals surface area contributed by atoms with Gasteiger partial charge in [-0.05, 0) is 19.2 Å². The van der Waals surface area contributed by atoms with Gasteiger partial charge in [0, 0.05) is 5.56 Å². The Bertz CT molecular complexity index is 355. The molecule has 0 aliphatic rings. The molecule has 0 radical (unpaired) electrons. The lowest BCUT2D eigenvalue weighted by molar-refractivity contribution is -0.119. The second-order valence-electron chi connectivity index (χ2n) is 3.46. The van der Waals surface area contributed by atoms with Gasteiger partial charge in [0.15, 0.2) is 0 Å². The molecule has 0 fully saturated rings. The molecule has 0 bridgehead atoms. The second-order valence-corrected chi connectivity index (χ2v) is 4.33. The van der Waals surface area contributed by atoms with Crippen molar-refractivity contribution in [3.05, 3.63) is 29.8 Å². The third-order valence-electron chi connectivity index (χ3n) is 2.26. The van der Waals surface area contributed by atoms with Gasteiger partial charge in [-0.2, -0.15) is 11.8 Å². The first kappa shape index (κ1) is 12.9. The van der Waals surface area contributed by atoms with Crippen molar-refractivity contribution < 1.29 is 9.53 Å². The number of rotatable bonds is 5. The Morgan fingerprint density at radius 3 is 2.81 bits per heavy atom. The van der Waals surface area contributed by atoms with Crippen molar-refractivity contribution in [2.45, 2.75) is 13.0 Å². The number of methoxy groups -OCH3 is 1. The average molecular weight is 239 g/mol. The van der Waals surface area contributed by atoms with Gasteiger partial charge in [-0.15, -0.1) is 0 Å². The number of ether oxygens (including phenoxy) is 1. The fourth-order valence-electron chi connectivity index (χ4n) is 1.52. The van der Waals surface area contributed by atoms with Crippen LogP contribution >= 0.6 is 11.8 Å². The lowest BCUT2D eigenvalue weighted by atomic mass is 10.1. The third kappa shape index (κ3) is 3.45.